The van der Waals surface area contributed by atoms with Crippen LogP contribution >= 0.6 is 37.2 Å². The van der Waals surface area contributed by atoms with Crippen molar-refractivity contribution in [3.8, 4) is 0 Å². The Bertz CT molecular complexity index is 511. The molecule has 0 unspecified atom stereocenters. The van der Waals surface area contributed by atoms with Crippen LogP contribution in [0.2, 0.25) is 0 Å². The fourth-order valence-corrected chi connectivity index (χ4v) is 3.27. The predicted molar refractivity (Wildman–Crippen MR) is 125 cm³/mol. The number of amides is 1. The normalized spacial score (nSPS) is 15.7. The van der Waals surface area contributed by atoms with Gasteiger partial charge in [-0.2, -0.15) is 0 Å². The zero-order valence-electron chi connectivity index (χ0n) is 17.0. The molecule has 1 amide bonds. The Hall–Kier alpha value is -0.560. The maximum atomic E-state index is 11.9. The standard InChI is InChI=1S/C20H34N4O.3ClH/c1-17(2)15-19(21)20(25)22-9-6-10-23-11-13-24(14-12-23)16-18-7-4-3-5-8-18;;;/h3-5,7-8,17,19H,6,9-16,21H2,1-2H3,(H,22,25);3*1H/t19-;;;/m0.../s1. The first-order valence-electron chi connectivity index (χ1n) is 9.56. The Morgan fingerprint density at radius 1 is 1.04 bits per heavy atom. The van der Waals surface area contributed by atoms with Crippen LogP contribution in [0.5, 0.6) is 0 Å². The number of nitrogens with one attached hydrogen (secondary N) is 1. The van der Waals surface area contributed by atoms with Crippen molar-refractivity contribution in [2.24, 2.45) is 11.7 Å². The second kappa shape index (κ2) is 16.3. The number of carbonyl (C=O) groups excluding carboxylic acids is 1. The molecular formula is C20H37Cl3N4O. The third-order valence-electron chi connectivity index (χ3n) is 4.73. The van der Waals surface area contributed by atoms with E-state index in [2.05, 4.69) is 59.3 Å². The van der Waals surface area contributed by atoms with Crippen LogP contribution in [-0.2, 0) is 11.3 Å². The molecule has 1 saturated heterocycles. The van der Waals surface area contributed by atoms with Crippen LogP contribution in [0.1, 0.15) is 32.3 Å². The first-order valence-corrected chi connectivity index (χ1v) is 9.56. The van der Waals surface area contributed by atoms with Gasteiger partial charge in [-0.1, -0.05) is 44.2 Å². The van der Waals surface area contributed by atoms with Crippen LogP contribution in [0.3, 0.4) is 0 Å². The first-order chi connectivity index (χ1) is 12.0. The van der Waals surface area contributed by atoms with Gasteiger partial charge in [-0.05, 0) is 30.9 Å². The van der Waals surface area contributed by atoms with Gasteiger partial charge in [0.25, 0.3) is 0 Å². The second-order valence-electron chi connectivity index (χ2n) is 7.48. The Morgan fingerprint density at radius 3 is 2.18 bits per heavy atom. The number of halogens is 3. The first kappa shape index (κ1) is 29.6. The van der Waals surface area contributed by atoms with Crippen LogP contribution in [0, 0.1) is 5.92 Å². The Labute approximate surface area is 189 Å². The van der Waals surface area contributed by atoms with Gasteiger partial charge in [0.2, 0.25) is 5.91 Å². The molecule has 1 aliphatic rings. The molecule has 0 bridgehead atoms. The molecule has 28 heavy (non-hydrogen) atoms. The van der Waals surface area contributed by atoms with Gasteiger partial charge < -0.3 is 16.0 Å². The quantitative estimate of drug-likeness (QED) is 0.562. The smallest absolute Gasteiger partial charge is 0.236 e. The minimum atomic E-state index is -0.374. The van der Waals surface area contributed by atoms with E-state index in [0.29, 0.717) is 5.92 Å². The topological polar surface area (TPSA) is 61.6 Å². The number of carbonyl (C=O) groups is 1. The van der Waals surface area contributed by atoms with Gasteiger partial charge in [0.15, 0.2) is 0 Å². The van der Waals surface area contributed by atoms with Gasteiger partial charge in [0.05, 0.1) is 6.04 Å². The minimum Gasteiger partial charge on any atom is -0.355 e. The van der Waals surface area contributed by atoms with E-state index in [1.165, 1.54) is 5.56 Å². The molecule has 0 aliphatic carbocycles. The van der Waals surface area contributed by atoms with Gasteiger partial charge in [0, 0.05) is 39.3 Å². The van der Waals surface area contributed by atoms with E-state index in [1.54, 1.807) is 0 Å². The SMILES string of the molecule is CC(C)C[C@H](N)C(=O)NCCCN1CCN(Cc2ccccc2)CC1.Cl.Cl.Cl. The fourth-order valence-electron chi connectivity index (χ4n) is 3.27. The highest BCUT2D eigenvalue weighted by Gasteiger charge is 2.17. The van der Waals surface area contributed by atoms with Crippen molar-refractivity contribution in [3.63, 3.8) is 0 Å². The molecule has 1 heterocycles. The lowest BCUT2D eigenvalue weighted by atomic mass is 10.0. The van der Waals surface area contributed by atoms with E-state index < -0.39 is 0 Å². The average Bonchev–Trinajstić information content (AvgIpc) is 2.60. The zero-order valence-corrected chi connectivity index (χ0v) is 19.5. The molecule has 8 heteroatoms. The van der Waals surface area contributed by atoms with Crippen LogP contribution < -0.4 is 11.1 Å². The molecule has 0 radical (unpaired) electrons. The second-order valence-corrected chi connectivity index (χ2v) is 7.48. The van der Waals surface area contributed by atoms with Crippen LogP contribution in [0.25, 0.3) is 0 Å². The lowest BCUT2D eigenvalue weighted by molar-refractivity contribution is -0.122. The monoisotopic (exact) mass is 454 g/mol. The Kier molecular flexibility index (Phi) is 17.2. The van der Waals surface area contributed by atoms with Crippen LogP contribution in [-0.4, -0.2) is 61.0 Å². The zero-order chi connectivity index (χ0) is 18.1. The van der Waals surface area contributed by atoms with E-state index in [-0.39, 0.29) is 49.2 Å². The van der Waals surface area contributed by atoms with E-state index >= 15 is 0 Å². The third kappa shape index (κ3) is 11.4. The van der Waals surface area contributed by atoms with E-state index in [0.717, 1.165) is 58.7 Å². The molecule has 0 spiro atoms. The molecule has 1 aromatic carbocycles. The van der Waals surface area contributed by atoms with Crippen LogP contribution in [0.4, 0.5) is 0 Å². The number of nitrogens with two attached hydrogens (primary N) is 1. The number of benzene rings is 1. The highest BCUT2D eigenvalue weighted by atomic mass is 35.5. The highest BCUT2D eigenvalue weighted by molar-refractivity contribution is 5.86. The van der Waals surface area contributed by atoms with E-state index in [1.807, 2.05) is 0 Å². The maximum absolute atomic E-state index is 11.9. The molecule has 0 saturated carbocycles. The molecule has 1 aliphatic heterocycles. The number of rotatable bonds is 9. The van der Waals surface area contributed by atoms with Crippen molar-refractivity contribution in [1.29, 1.82) is 0 Å². The van der Waals surface area contributed by atoms with Gasteiger partial charge in [0.1, 0.15) is 0 Å². The highest BCUT2D eigenvalue weighted by Crippen LogP contribution is 2.08. The summed E-state index contributed by atoms with van der Waals surface area (Å²) in [6.07, 6.45) is 1.73. The fraction of sp³-hybridized carbons (Fsp3) is 0.650. The molecule has 5 nitrogen and oxygen atoms in total. The summed E-state index contributed by atoms with van der Waals surface area (Å²) in [7, 11) is 0. The van der Waals surface area contributed by atoms with Crippen molar-refractivity contribution in [1.82, 2.24) is 15.1 Å². The van der Waals surface area contributed by atoms with Crippen molar-refractivity contribution >= 4 is 43.1 Å². The van der Waals surface area contributed by atoms with E-state index in [4.69, 9.17) is 5.73 Å². The molecule has 3 N–H and O–H groups in total. The van der Waals surface area contributed by atoms with E-state index in [9.17, 15) is 4.79 Å². The Balaban J connectivity index is 0. The van der Waals surface area contributed by atoms with Crippen molar-refractivity contribution < 1.29 is 4.79 Å². The van der Waals surface area contributed by atoms with Crippen molar-refractivity contribution in [2.45, 2.75) is 39.3 Å². The number of piperazine rings is 1. The molecule has 1 aromatic rings. The lowest BCUT2D eigenvalue weighted by Crippen LogP contribution is -2.47. The van der Waals surface area contributed by atoms with Gasteiger partial charge in [-0.25, -0.2) is 0 Å². The van der Waals surface area contributed by atoms with Crippen molar-refractivity contribution in [2.75, 3.05) is 39.3 Å². The molecule has 2 rings (SSSR count). The van der Waals surface area contributed by atoms with Gasteiger partial charge >= 0.3 is 0 Å². The summed E-state index contributed by atoms with van der Waals surface area (Å²) in [5.41, 5.74) is 7.28. The summed E-state index contributed by atoms with van der Waals surface area (Å²) in [4.78, 5) is 16.9. The lowest BCUT2D eigenvalue weighted by Gasteiger charge is -2.34. The summed E-state index contributed by atoms with van der Waals surface area (Å²) in [6.45, 7) is 11.4. The van der Waals surface area contributed by atoms with Gasteiger partial charge in [-0.3, -0.25) is 9.69 Å². The largest absolute Gasteiger partial charge is 0.355 e. The third-order valence-corrected chi connectivity index (χ3v) is 4.73. The predicted octanol–water partition coefficient (Wildman–Crippen LogP) is 2.95. The summed E-state index contributed by atoms with van der Waals surface area (Å²) in [5, 5.41) is 2.97. The number of hydrogen-bond donors (Lipinski definition) is 2. The Morgan fingerprint density at radius 2 is 1.61 bits per heavy atom. The summed E-state index contributed by atoms with van der Waals surface area (Å²) in [5.74, 6) is 0.439. The summed E-state index contributed by atoms with van der Waals surface area (Å²) < 4.78 is 0. The van der Waals surface area contributed by atoms with Crippen LogP contribution in [0.15, 0.2) is 30.3 Å². The summed E-state index contributed by atoms with van der Waals surface area (Å²) >= 11 is 0. The maximum Gasteiger partial charge on any atom is 0.236 e. The average molecular weight is 456 g/mol. The molecule has 164 valence electrons. The minimum absolute atomic E-state index is 0. The van der Waals surface area contributed by atoms with Crippen molar-refractivity contribution in [3.05, 3.63) is 35.9 Å². The molecule has 0 aromatic heterocycles. The summed E-state index contributed by atoms with van der Waals surface area (Å²) in [6, 6.07) is 10.3. The van der Waals surface area contributed by atoms with Gasteiger partial charge in [-0.15, -0.1) is 37.2 Å². The molecule has 1 fully saturated rings. The number of nitrogens with zero attached hydrogens (tertiary/aromatic N) is 2. The molecular weight excluding hydrogens is 419 g/mol. The molecule has 1 atom stereocenters. The number of hydrogen-bond acceptors (Lipinski definition) is 4.